The standard InChI is InChI=1S/C11H20N2O2/c1-8-10(15)13(7-9(14)12-8)6-5-11(2,3)4/h8H,5-7H2,1-4H3,(H,12,14). The lowest BCUT2D eigenvalue weighted by atomic mass is 9.92. The summed E-state index contributed by atoms with van der Waals surface area (Å²) in [4.78, 5) is 24.6. The van der Waals surface area contributed by atoms with Crippen LogP contribution in [0.15, 0.2) is 0 Å². The maximum Gasteiger partial charge on any atom is 0.245 e. The summed E-state index contributed by atoms with van der Waals surface area (Å²) in [6, 6.07) is -0.369. The van der Waals surface area contributed by atoms with Crippen LogP contribution in [0, 0.1) is 5.41 Å². The zero-order valence-corrected chi connectivity index (χ0v) is 9.96. The second-order valence-corrected chi connectivity index (χ2v) is 5.36. The van der Waals surface area contributed by atoms with Crippen molar-refractivity contribution in [3.63, 3.8) is 0 Å². The highest BCUT2D eigenvalue weighted by atomic mass is 16.2. The number of amides is 2. The van der Waals surface area contributed by atoms with Crippen molar-refractivity contribution in [1.82, 2.24) is 10.2 Å². The van der Waals surface area contributed by atoms with Crippen molar-refractivity contribution >= 4 is 11.8 Å². The Morgan fingerprint density at radius 2 is 2.00 bits per heavy atom. The van der Waals surface area contributed by atoms with Crippen LogP contribution in [0.1, 0.15) is 34.1 Å². The minimum absolute atomic E-state index is 0.0267. The maximum absolute atomic E-state index is 11.7. The first-order valence-electron chi connectivity index (χ1n) is 5.38. The van der Waals surface area contributed by atoms with Crippen LogP contribution in [-0.2, 0) is 9.59 Å². The van der Waals surface area contributed by atoms with E-state index in [4.69, 9.17) is 0 Å². The summed E-state index contributed by atoms with van der Waals surface area (Å²) in [6.45, 7) is 8.99. The van der Waals surface area contributed by atoms with E-state index in [-0.39, 0.29) is 29.8 Å². The molecule has 1 unspecified atom stereocenters. The Balaban J connectivity index is 2.53. The molecule has 4 nitrogen and oxygen atoms in total. The van der Waals surface area contributed by atoms with Crippen molar-refractivity contribution in [3.8, 4) is 0 Å². The molecule has 1 aliphatic rings. The van der Waals surface area contributed by atoms with Crippen LogP contribution < -0.4 is 5.32 Å². The molecule has 0 bridgehead atoms. The second-order valence-electron chi connectivity index (χ2n) is 5.36. The molecule has 0 aromatic rings. The van der Waals surface area contributed by atoms with E-state index in [1.807, 2.05) is 0 Å². The van der Waals surface area contributed by atoms with Crippen LogP contribution in [0.4, 0.5) is 0 Å². The predicted molar refractivity (Wildman–Crippen MR) is 58.3 cm³/mol. The van der Waals surface area contributed by atoms with Crippen LogP contribution in [0.5, 0.6) is 0 Å². The van der Waals surface area contributed by atoms with Crippen molar-refractivity contribution < 1.29 is 9.59 Å². The minimum Gasteiger partial charge on any atom is -0.343 e. The lowest BCUT2D eigenvalue weighted by Gasteiger charge is -2.32. The first-order chi connectivity index (χ1) is 6.79. The average molecular weight is 212 g/mol. The summed E-state index contributed by atoms with van der Waals surface area (Å²) in [5.41, 5.74) is 0.192. The highest BCUT2D eigenvalue weighted by Crippen LogP contribution is 2.19. The Hall–Kier alpha value is -1.06. The van der Waals surface area contributed by atoms with E-state index >= 15 is 0 Å². The summed E-state index contributed by atoms with van der Waals surface area (Å²) in [7, 11) is 0. The molecule has 0 aliphatic carbocycles. The number of carbonyl (C=O) groups is 2. The third-order valence-corrected chi connectivity index (χ3v) is 2.53. The van der Waals surface area contributed by atoms with Gasteiger partial charge in [0.15, 0.2) is 0 Å². The largest absolute Gasteiger partial charge is 0.343 e. The van der Waals surface area contributed by atoms with Gasteiger partial charge in [0, 0.05) is 6.54 Å². The Morgan fingerprint density at radius 1 is 1.40 bits per heavy atom. The minimum atomic E-state index is -0.369. The summed E-state index contributed by atoms with van der Waals surface area (Å²) in [6.07, 6.45) is 0.915. The molecule has 0 spiro atoms. The van der Waals surface area contributed by atoms with E-state index in [9.17, 15) is 9.59 Å². The van der Waals surface area contributed by atoms with Crippen LogP contribution in [0.3, 0.4) is 0 Å². The SMILES string of the molecule is CC1NC(=O)CN(CCC(C)(C)C)C1=O. The zero-order chi connectivity index (χ0) is 11.6. The summed E-state index contributed by atoms with van der Waals surface area (Å²) in [5, 5.41) is 2.63. The molecule has 1 rings (SSSR count). The van der Waals surface area contributed by atoms with Gasteiger partial charge in [-0.25, -0.2) is 0 Å². The first kappa shape index (κ1) is 12.0. The van der Waals surface area contributed by atoms with Gasteiger partial charge in [0.2, 0.25) is 11.8 Å². The van der Waals surface area contributed by atoms with Gasteiger partial charge in [0.1, 0.15) is 6.04 Å². The molecule has 2 amide bonds. The van der Waals surface area contributed by atoms with E-state index < -0.39 is 0 Å². The molecule has 15 heavy (non-hydrogen) atoms. The van der Waals surface area contributed by atoms with Crippen molar-refractivity contribution in [1.29, 1.82) is 0 Å². The summed E-state index contributed by atoms with van der Waals surface area (Å²) >= 11 is 0. The van der Waals surface area contributed by atoms with E-state index in [0.29, 0.717) is 6.54 Å². The fourth-order valence-electron chi connectivity index (χ4n) is 1.53. The predicted octanol–water partition coefficient (Wildman–Crippen LogP) is 0.769. The Kier molecular flexibility index (Phi) is 3.37. The van der Waals surface area contributed by atoms with E-state index in [1.165, 1.54) is 0 Å². The van der Waals surface area contributed by atoms with E-state index in [1.54, 1.807) is 11.8 Å². The van der Waals surface area contributed by atoms with Crippen LogP contribution in [0.2, 0.25) is 0 Å². The van der Waals surface area contributed by atoms with Crippen LogP contribution in [-0.4, -0.2) is 35.8 Å². The molecule has 0 aromatic carbocycles. The van der Waals surface area contributed by atoms with Gasteiger partial charge in [-0.3, -0.25) is 9.59 Å². The molecule has 0 aromatic heterocycles. The molecule has 1 heterocycles. The van der Waals surface area contributed by atoms with Gasteiger partial charge in [0.25, 0.3) is 0 Å². The molecule has 86 valence electrons. The number of hydrogen-bond acceptors (Lipinski definition) is 2. The van der Waals surface area contributed by atoms with Gasteiger partial charge in [-0.2, -0.15) is 0 Å². The van der Waals surface area contributed by atoms with Gasteiger partial charge >= 0.3 is 0 Å². The van der Waals surface area contributed by atoms with Gasteiger partial charge < -0.3 is 10.2 Å². The Morgan fingerprint density at radius 3 is 2.53 bits per heavy atom. The van der Waals surface area contributed by atoms with E-state index in [0.717, 1.165) is 6.42 Å². The number of piperazine rings is 1. The molecule has 0 radical (unpaired) electrons. The van der Waals surface area contributed by atoms with Crippen LogP contribution in [0.25, 0.3) is 0 Å². The zero-order valence-electron chi connectivity index (χ0n) is 9.96. The van der Waals surface area contributed by atoms with Gasteiger partial charge in [-0.1, -0.05) is 20.8 Å². The Labute approximate surface area is 91.0 Å². The summed E-state index contributed by atoms with van der Waals surface area (Å²) in [5.74, 6) is -0.0325. The third kappa shape index (κ3) is 3.53. The van der Waals surface area contributed by atoms with Crippen molar-refractivity contribution in [2.45, 2.75) is 40.2 Å². The van der Waals surface area contributed by atoms with Crippen molar-refractivity contribution in [3.05, 3.63) is 0 Å². The quantitative estimate of drug-likeness (QED) is 0.735. The van der Waals surface area contributed by atoms with Gasteiger partial charge in [-0.05, 0) is 18.8 Å². The van der Waals surface area contributed by atoms with Gasteiger partial charge in [0.05, 0.1) is 6.54 Å². The lowest BCUT2D eigenvalue weighted by Crippen LogP contribution is -2.57. The fourth-order valence-corrected chi connectivity index (χ4v) is 1.53. The number of nitrogens with zero attached hydrogens (tertiary/aromatic N) is 1. The molecule has 0 saturated carbocycles. The first-order valence-corrected chi connectivity index (χ1v) is 5.38. The highest BCUT2D eigenvalue weighted by molar-refractivity contribution is 5.94. The number of carbonyl (C=O) groups excluding carboxylic acids is 2. The van der Waals surface area contributed by atoms with E-state index in [2.05, 4.69) is 26.1 Å². The third-order valence-electron chi connectivity index (χ3n) is 2.53. The maximum atomic E-state index is 11.7. The highest BCUT2D eigenvalue weighted by Gasteiger charge is 2.29. The number of rotatable bonds is 2. The summed E-state index contributed by atoms with van der Waals surface area (Å²) < 4.78 is 0. The molecule has 4 heteroatoms. The fraction of sp³-hybridized carbons (Fsp3) is 0.818. The molecule has 1 aliphatic heterocycles. The average Bonchev–Trinajstić information content (AvgIpc) is 2.07. The van der Waals surface area contributed by atoms with Crippen molar-refractivity contribution in [2.24, 2.45) is 5.41 Å². The van der Waals surface area contributed by atoms with Gasteiger partial charge in [-0.15, -0.1) is 0 Å². The number of hydrogen-bond donors (Lipinski definition) is 1. The second kappa shape index (κ2) is 4.21. The molecule has 1 saturated heterocycles. The topological polar surface area (TPSA) is 49.4 Å². The molecule has 1 atom stereocenters. The normalized spacial score (nSPS) is 22.9. The smallest absolute Gasteiger partial charge is 0.245 e. The molecule has 1 fully saturated rings. The van der Waals surface area contributed by atoms with Crippen molar-refractivity contribution in [2.75, 3.05) is 13.1 Å². The monoisotopic (exact) mass is 212 g/mol. The molecule has 1 N–H and O–H groups in total. The Bertz CT molecular complexity index is 268. The molecular weight excluding hydrogens is 192 g/mol. The lowest BCUT2D eigenvalue weighted by molar-refractivity contribution is -0.144. The number of nitrogens with one attached hydrogen (secondary N) is 1. The van der Waals surface area contributed by atoms with Crippen LogP contribution >= 0.6 is 0 Å². The molecular formula is C11H20N2O2.